The number of nitrogens with zero attached hydrogens (tertiary/aromatic N) is 4. The normalized spacial score (nSPS) is 17.5. The third-order valence-electron chi connectivity index (χ3n) is 4.01. The lowest BCUT2D eigenvalue weighted by molar-refractivity contribution is 0.203. The minimum absolute atomic E-state index is 0.301. The molecule has 0 radical (unpaired) electrons. The SMILES string of the molecule is OC(CSc1nnnn1C1CCCCC1)c1ccc(F)cc1. The number of benzene rings is 1. The van der Waals surface area contributed by atoms with Crippen molar-refractivity contribution in [1.82, 2.24) is 20.2 Å². The second-order valence-electron chi connectivity index (χ2n) is 5.58. The maximum Gasteiger partial charge on any atom is 0.209 e. The lowest BCUT2D eigenvalue weighted by Crippen LogP contribution is -2.15. The van der Waals surface area contributed by atoms with Crippen LogP contribution in [-0.2, 0) is 0 Å². The summed E-state index contributed by atoms with van der Waals surface area (Å²) in [6.45, 7) is 0. The summed E-state index contributed by atoms with van der Waals surface area (Å²) in [5.74, 6) is 0.142. The summed E-state index contributed by atoms with van der Waals surface area (Å²) in [6.07, 6.45) is 5.27. The summed E-state index contributed by atoms with van der Waals surface area (Å²) in [5, 5.41) is 22.9. The second kappa shape index (κ2) is 7.19. The zero-order valence-corrected chi connectivity index (χ0v) is 13.0. The quantitative estimate of drug-likeness (QED) is 0.857. The van der Waals surface area contributed by atoms with Gasteiger partial charge in [-0.25, -0.2) is 9.07 Å². The summed E-state index contributed by atoms with van der Waals surface area (Å²) < 4.78 is 14.8. The molecule has 0 bridgehead atoms. The van der Waals surface area contributed by atoms with Gasteiger partial charge >= 0.3 is 0 Å². The number of hydrogen-bond acceptors (Lipinski definition) is 5. The van der Waals surface area contributed by atoms with Crippen molar-refractivity contribution in [3.63, 3.8) is 0 Å². The molecule has 0 spiro atoms. The predicted molar refractivity (Wildman–Crippen MR) is 82.0 cm³/mol. The van der Waals surface area contributed by atoms with Crippen molar-refractivity contribution in [2.24, 2.45) is 0 Å². The monoisotopic (exact) mass is 322 g/mol. The van der Waals surface area contributed by atoms with Crippen LogP contribution in [-0.4, -0.2) is 31.1 Å². The number of rotatable bonds is 5. The minimum atomic E-state index is -0.665. The largest absolute Gasteiger partial charge is 0.388 e. The molecule has 0 saturated heterocycles. The number of tetrazole rings is 1. The van der Waals surface area contributed by atoms with E-state index in [1.54, 1.807) is 12.1 Å². The van der Waals surface area contributed by atoms with Crippen LogP contribution in [0.1, 0.15) is 49.8 Å². The number of aliphatic hydroxyl groups is 1. The average Bonchev–Trinajstić information content (AvgIpc) is 3.02. The first-order chi connectivity index (χ1) is 10.7. The lowest BCUT2D eigenvalue weighted by atomic mass is 9.96. The molecular weight excluding hydrogens is 303 g/mol. The molecule has 2 aromatic rings. The van der Waals surface area contributed by atoms with Crippen LogP contribution in [0, 0.1) is 5.82 Å². The van der Waals surface area contributed by atoms with Crippen LogP contribution < -0.4 is 0 Å². The standard InChI is InChI=1S/C15H19FN4OS/c16-12-8-6-11(7-9-12)14(21)10-22-15-17-18-19-20(15)13-4-2-1-3-5-13/h6-9,13-14,21H,1-5,10H2. The summed E-state index contributed by atoms with van der Waals surface area (Å²) in [7, 11) is 0. The molecule has 1 saturated carbocycles. The second-order valence-corrected chi connectivity index (χ2v) is 6.56. The maximum atomic E-state index is 12.9. The van der Waals surface area contributed by atoms with Gasteiger partial charge in [-0.3, -0.25) is 0 Å². The molecule has 1 aliphatic carbocycles. The van der Waals surface area contributed by atoms with Crippen LogP contribution in [0.2, 0.25) is 0 Å². The van der Waals surface area contributed by atoms with Crippen LogP contribution in [0.15, 0.2) is 29.4 Å². The summed E-state index contributed by atoms with van der Waals surface area (Å²) in [5.41, 5.74) is 0.700. The van der Waals surface area contributed by atoms with E-state index in [1.165, 1.54) is 43.2 Å². The lowest BCUT2D eigenvalue weighted by Gasteiger charge is -2.22. The van der Waals surface area contributed by atoms with Crippen molar-refractivity contribution in [2.45, 2.75) is 49.4 Å². The third-order valence-corrected chi connectivity index (χ3v) is 5.02. The highest BCUT2D eigenvalue weighted by molar-refractivity contribution is 7.99. The number of halogens is 1. The van der Waals surface area contributed by atoms with E-state index in [4.69, 9.17) is 0 Å². The zero-order chi connectivity index (χ0) is 15.4. The van der Waals surface area contributed by atoms with Crippen molar-refractivity contribution >= 4 is 11.8 Å². The Balaban J connectivity index is 1.61. The molecule has 118 valence electrons. The molecule has 5 nitrogen and oxygen atoms in total. The highest BCUT2D eigenvalue weighted by atomic mass is 32.2. The topological polar surface area (TPSA) is 63.8 Å². The molecule has 1 unspecified atom stereocenters. The van der Waals surface area contributed by atoms with Crippen LogP contribution >= 0.6 is 11.8 Å². The van der Waals surface area contributed by atoms with Gasteiger partial charge in [-0.2, -0.15) is 0 Å². The fraction of sp³-hybridized carbons (Fsp3) is 0.533. The van der Waals surface area contributed by atoms with Gasteiger partial charge in [0.15, 0.2) is 0 Å². The summed E-state index contributed by atoms with van der Waals surface area (Å²) in [6, 6.07) is 6.29. The highest BCUT2D eigenvalue weighted by Gasteiger charge is 2.21. The molecule has 1 aliphatic rings. The maximum absolute atomic E-state index is 12.9. The van der Waals surface area contributed by atoms with E-state index in [2.05, 4.69) is 15.5 Å². The molecule has 1 aromatic carbocycles. The fourth-order valence-electron chi connectivity index (χ4n) is 2.77. The van der Waals surface area contributed by atoms with Crippen molar-refractivity contribution in [1.29, 1.82) is 0 Å². The molecule has 7 heteroatoms. The Labute approximate surface area is 132 Å². The van der Waals surface area contributed by atoms with Gasteiger partial charge in [0.2, 0.25) is 5.16 Å². The van der Waals surface area contributed by atoms with E-state index in [0.29, 0.717) is 17.4 Å². The molecule has 0 aliphatic heterocycles. The molecular formula is C15H19FN4OS. The Hall–Kier alpha value is -1.47. The predicted octanol–water partition coefficient (Wildman–Crippen LogP) is 3.14. The van der Waals surface area contributed by atoms with Gasteiger partial charge in [0.25, 0.3) is 0 Å². The van der Waals surface area contributed by atoms with Gasteiger partial charge in [0.05, 0.1) is 12.1 Å². The third kappa shape index (κ3) is 3.64. The molecule has 1 fully saturated rings. The minimum Gasteiger partial charge on any atom is -0.388 e. The smallest absolute Gasteiger partial charge is 0.209 e. The van der Waals surface area contributed by atoms with Crippen molar-refractivity contribution < 1.29 is 9.50 Å². The molecule has 3 rings (SSSR count). The summed E-state index contributed by atoms with van der Waals surface area (Å²) >= 11 is 1.44. The van der Waals surface area contributed by atoms with E-state index in [-0.39, 0.29) is 5.82 Å². The van der Waals surface area contributed by atoms with Gasteiger partial charge in [0.1, 0.15) is 5.82 Å². The Morgan fingerprint density at radius 1 is 1.23 bits per heavy atom. The molecule has 1 N–H and O–H groups in total. The van der Waals surface area contributed by atoms with E-state index in [9.17, 15) is 9.50 Å². The molecule has 1 atom stereocenters. The van der Waals surface area contributed by atoms with Crippen LogP contribution in [0.25, 0.3) is 0 Å². The Kier molecular flexibility index (Phi) is 5.04. The van der Waals surface area contributed by atoms with Crippen molar-refractivity contribution in [3.05, 3.63) is 35.6 Å². The molecule has 1 heterocycles. The van der Waals surface area contributed by atoms with Crippen LogP contribution in [0.4, 0.5) is 4.39 Å². The first-order valence-corrected chi connectivity index (χ1v) is 8.57. The first-order valence-electron chi connectivity index (χ1n) is 7.58. The molecule has 1 aromatic heterocycles. The fourth-order valence-corrected chi connectivity index (χ4v) is 3.68. The first kappa shape index (κ1) is 15.4. The van der Waals surface area contributed by atoms with Crippen LogP contribution in [0.3, 0.4) is 0 Å². The van der Waals surface area contributed by atoms with Gasteiger partial charge in [-0.1, -0.05) is 43.2 Å². The van der Waals surface area contributed by atoms with E-state index < -0.39 is 6.10 Å². The van der Waals surface area contributed by atoms with Crippen LogP contribution in [0.5, 0.6) is 0 Å². The van der Waals surface area contributed by atoms with Crippen molar-refractivity contribution in [2.75, 3.05) is 5.75 Å². The van der Waals surface area contributed by atoms with Gasteiger partial charge in [-0.05, 0) is 41.0 Å². The number of aromatic nitrogens is 4. The summed E-state index contributed by atoms with van der Waals surface area (Å²) in [4.78, 5) is 0. The Morgan fingerprint density at radius 3 is 2.68 bits per heavy atom. The zero-order valence-electron chi connectivity index (χ0n) is 12.2. The van der Waals surface area contributed by atoms with Crippen molar-refractivity contribution in [3.8, 4) is 0 Å². The van der Waals surface area contributed by atoms with E-state index in [1.807, 2.05) is 4.68 Å². The van der Waals surface area contributed by atoms with Gasteiger partial charge in [0, 0.05) is 5.75 Å². The Morgan fingerprint density at radius 2 is 1.95 bits per heavy atom. The Bertz CT molecular complexity index is 598. The van der Waals surface area contributed by atoms with Gasteiger partial charge < -0.3 is 5.11 Å². The van der Waals surface area contributed by atoms with E-state index in [0.717, 1.165) is 18.0 Å². The number of thioether (sulfide) groups is 1. The van der Waals surface area contributed by atoms with E-state index >= 15 is 0 Å². The molecule has 0 amide bonds. The van der Waals surface area contributed by atoms with Gasteiger partial charge in [-0.15, -0.1) is 5.10 Å². The number of hydrogen-bond donors (Lipinski definition) is 1. The number of aliphatic hydroxyl groups excluding tert-OH is 1. The average molecular weight is 322 g/mol. The highest BCUT2D eigenvalue weighted by Crippen LogP contribution is 2.31. The molecule has 22 heavy (non-hydrogen) atoms.